The number of H-pyrrole nitrogens is 1. The predicted molar refractivity (Wildman–Crippen MR) is 519 cm³/mol. The number of nitrogens with zero attached hydrogens (tertiary/aromatic N) is 9. The summed E-state index contributed by atoms with van der Waals surface area (Å²) in [5, 5.41) is 1.18. The Bertz CT molecular complexity index is 4110. The van der Waals surface area contributed by atoms with E-state index in [0.29, 0.717) is 73.6 Å². The van der Waals surface area contributed by atoms with E-state index in [4.69, 9.17) is 34.8 Å². The van der Waals surface area contributed by atoms with Gasteiger partial charge in [-0.2, -0.15) is 7.94 Å². The molecule has 20 unspecified atom stereocenters. The van der Waals surface area contributed by atoms with Crippen LogP contribution < -0.4 is 11.4 Å². The third kappa shape index (κ3) is 27.3. The summed E-state index contributed by atoms with van der Waals surface area (Å²) in [6.45, 7) is -0.189. The van der Waals surface area contributed by atoms with Gasteiger partial charge in [0.2, 0.25) is 20.0 Å². The van der Waals surface area contributed by atoms with Gasteiger partial charge in [0.05, 0.1) is 94.8 Å². The van der Waals surface area contributed by atoms with E-state index >= 15 is 0 Å². The summed E-state index contributed by atoms with van der Waals surface area (Å²) in [6.07, 6.45) is 10.0. The Morgan fingerprint density at radius 1 is 0.463 bits per heavy atom. The zero-order valence-corrected chi connectivity index (χ0v) is 89.2. The number of hydrogen-bond donors (Lipinski definition) is 1. The number of benzene rings is 2. The van der Waals surface area contributed by atoms with E-state index in [0.717, 1.165) is 51.8 Å². The Morgan fingerprint density at radius 3 is 1.24 bits per heavy atom. The number of halogens is 5. The fourth-order valence-corrected chi connectivity index (χ4v) is 471. The highest BCUT2D eigenvalue weighted by atomic mass is 35.5. The Labute approximate surface area is 629 Å². The molecule has 0 aliphatic carbocycles. The molecule has 0 spiro atoms. The SMILES string of the molecule is CS(=O)(=O)n1c(=O)[nH]c2cnccc21.CS(=O)(=O)n1c(=O)n(Cc2nc3cc(Cl)ccc3n2CCCCF)c2cnccc21.FCCCCn1c(CCl)nc2cc(Cl)ccc21.PP(P)P(P(P)P)P(P(P)P)P(P(P(P)P)P(P)P)P(P(P(P)P)P(P)P)P(P(P)P)P(P)P. The third-order valence-corrected chi connectivity index (χ3v) is 240. The first-order chi connectivity index (χ1) is 44.5. The van der Waals surface area contributed by atoms with Gasteiger partial charge < -0.3 is 14.1 Å². The highest BCUT2D eigenvalue weighted by Crippen LogP contribution is 3.40. The van der Waals surface area contributed by atoms with Crippen molar-refractivity contribution in [3.63, 3.8) is 0 Å². The summed E-state index contributed by atoms with van der Waals surface area (Å²) >= 11 is 17.9. The maximum absolute atomic E-state index is 13.0. The van der Waals surface area contributed by atoms with Crippen LogP contribution in [0.1, 0.15) is 37.3 Å². The molecule has 0 radical (unpaired) electrons. The number of hydrogen-bond acceptors (Lipinski definition) is 10. The highest BCUT2D eigenvalue weighted by Gasteiger charge is 2.52. The number of aromatic amines is 1. The summed E-state index contributed by atoms with van der Waals surface area (Å²) in [7, 11) is 52.6. The van der Waals surface area contributed by atoms with Gasteiger partial charge in [-0.25, -0.2) is 36.4 Å². The van der Waals surface area contributed by atoms with Crippen LogP contribution in [0.25, 0.3) is 44.1 Å². The van der Waals surface area contributed by atoms with Crippen molar-refractivity contribution in [2.45, 2.75) is 51.2 Å². The highest BCUT2D eigenvalue weighted by molar-refractivity contribution is 9.46. The van der Waals surface area contributed by atoms with Crippen LogP contribution in [-0.4, -0.2) is 89.3 Å². The number of unbranched alkanes of at least 4 members (excludes halogenated alkanes) is 2. The fraction of sp³-hybridized carbons (Fsp3) is 0.316. The monoisotopic (exact) mass is 2030 g/mol. The van der Waals surface area contributed by atoms with E-state index in [1.807, 2.05) is 33.4 Å². The second kappa shape index (κ2) is 46.1. The van der Waals surface area contributed by atoms with Crippen LogP contribution in [0.2, 0.25) is 10.0 Å². The van der Waals surface area contributed by atoms with Crippen molar-refractivity contribution in [1.29, 1.82) is 0 Å². The summed E-state index contributed by atoms with van der Waals surface area (Å²) in [6, 6.07) is 13.8. The van der Waals surface area contributed by atoms with Crippen molar-refractivity contribution in [2.75, 3.05) is 25.9 Å². The Hall–Kier alpha value is 9.47. The molecule has 16 nitrogen and oxygen atoms in total. The zero-order chi connectivity index (χ0) is 71.3. The lowest BCUT2D eigenvalue weighted by Gasteiger charge is -2.54. The van der Waals surface area contributed by atoms with Gasteiger partial charge in [0.25, 0.3) is 0 Å². The number of fused-ring (bicyclic) bond motifs is 4. The molecule has 530 valence electrons. The lowest BCUT2D eigenvalue weighted by molar-refractivity contribution is 0.446. The molecular formula is C38H75Cl3F2N10O6P34S2. The number of aryl methyl sites for hydroxylation is 2. The molecule has 8 rings (SSSR count). The average Bonchev–Trinajstić information content (AvgIpc) is 1.74. The molecule has 0 bridgehead atoms. The molecule has 0 fully saturated rings. The van der Waals surface area contributed by atoms with E-state index < -0.39 is 38.1 Å². The van der Waals surface area contributed by atoms with Gasteiger partial charge in [0.15, 0.2) is 0 Å². The van der Waals surface area contributed by atoms with Crippen LogP contribution in [0.4, 0.5) is 8.78 Å². The number of aromatic nitrogens is 10. The van der Waals surface area contributed by atoms with Crippen molar-refractivity contribution in [1.82, 2.24) is 46.6 Å². The first-order valence-electron chi connectivity index (χ1n) is 26.2. The standard InChI is InChI=1S/C19H19ClFN5O3S.C12H13Cl2FN2.C7H7N3O3S.H36P34/c1-30(28,29)26-16-6-8-22-11-17(16)25(19(26)27)12-18-23-14-10-13(20)4-5-15(14)24(18)9-3-2-7-21;13-8-12-16-10-7-9(14)3-4-11(10)17(12)6-2-1-5-15;1-14(12,13)10-6-2-3-8-4-5(6)9-7(10)11;1-19(2)28(20(3)4)32(27(17)18)34(31(25(13)14)26(15)16)33(29(21(5)6)22(7)8)30(23(9)10)24(11)12/h4-6,8,10-11H,2-3,7,9,12H2,1H3;3-4,7H,1-2,5-6,8H2;2-4H,1H3,(H,9,11);1-18H2. The fourth-order valence-electron chi connectivity index (χ4n) is 8.61. The molecule has 0 amide bonds. The van der Waals surface area contributed by atoms with Crippen LogP contribution in [-0.2, 0) is 45.6 Å². The molecule has 8 aromatic rings. The smallest absolute Gasteiger partial charge is 0.327 e. The minimum absolute atomic E-state index is 0.000249. The molecule has 95 heavy (non-hydrogen) atoms. The van der Waals surface area contributed by atoms with Crippen molar-refractivity contribution < 1.29 is 25.6 Å². The van der Waals surface area contributed by atoms with E-state index in [1.54, 1.807) is 12.1 Å². The second-order valence-electron chi connectivity index (χ2n) is 19.0. The summed E-state index contributed by atoms with van der Waals surface area (Å²) < 4.78 is 78.4. The lowest BCUT2D eigenvalue weighted by atomic mass is 10.3. The number of rotatable bonds is 28. The average molecular weight is 2030 g/mol. The van der Waals surface area contributed by atoms with Gasteiger partial charge in [-0.05, 0) is 186 Å². The zero-order valence-electron chi connectivity index (χ0n) is 50.2. The van der Waals surface area contributed by atoms with Crippen molar-refractivity contribution in [2.24, 2.45) is 0 Å². The van der Waals surface area contributed by atoms with Crippen LogP contribution >= 0.6 is 307 Å². The molecule has 6 heterocycles. The van der Waals surface area contributed by atoms with Crippen LogP contribution in [0, 0.1) is 0 Å². The number of imidazole rings is 4. The molecule has 0 saturated carbocycles. The first-order valence-corrected chi connectivity index (χ1v) is 92.4. The molecule has 0 aliphatic rings. The van der Waals surface area contributed by atoms with Crippen molar-refractivity contribution in [3.8, 4) is 0 Å². The maximum Gasteiger partial charge on any atom is 0.343 e. The Kier molecular flexibility index (Phi) is 46.2. The van der Waals surface area contributed by atoms with Crippen LogP contribution in [0.3, 0.4) is 0 Å². The van der Waals surface area contributed by atoms with E-state index in [-0.39, 0.29) is 131 Å². The van der Waals surface area contributed by atoms with E-state index in [1.165, 1.54) is 41.5 Å². The second-order valence-corrected chi connectivity index (χ2v) is 162. The molecule has 6 aromatic heterocycles. The van der Waals surface area contributed by atoms with E-state index in [9.17, 15) is 35.2 Å². The normalized spacial score (nSPS) is 13.3. The molecule has 1 N–H and O–H groups in total. The molecule has 0 aliphatic heterocycles. The number of pyridine rings is 2. The quantitative estimate of drug-likeness (QED) is 0.0280. The van der Waals surface area contributed by atoms with Crippen molar-refractivity contribution >= 4 is 371 Å². The maximum atomic E-state index is 13.0. The lowest BCUT2D eigenvalue weighted by Crippen LogP contribution is -2.29. The topological polar surface area (TPSA) is 194 Å². The first kappa shape index (κ1) is 95.1. The minimum atomic E-state index is -3.82. The van der Waals surface area contributed by atoms with Gasteiger partial charge >= 0.3 is 11.4 Å². The molecule has 20 atom stereocenters. The van der Waals surface area contributed by atoms with Gasteiger partial charge in [0, 0.05) is 35.5 Å². The Balaban J connectivity index is 0.000000242. The summed E-state index contributed by atoms with van der Waals surface area (Å²) in [5.41, 5.74) is 3.29. The summed E-state index contributed by atoms with van der Waals surface area (Å²) in [4.78, 5) is 43.5. The minimum Gasteiger partial charge on any atom is -0.327 e. The molecule has 2 aromatic carbocycles. The number of alkyl halides is 3. The van der Waals surface area contributed by atoms with E-state index in [2.05, 4.69) is 186 Å². The van der Waals surface area contributed by atoms with Crippen LogP contribution in [0.5, 0.6) is 0 Å². The molecule has 0 saturated heterocycles. The van der Waals surface area contributed by atoms with Gasteiger partial charge in [-0.1, -0.05) is 23.2 Å². The molecule has 57 heteroatoms. The molecular weight excluding hydrogens is 1950 g/mol. The predicted octanol–water partition coefficient (Wildman–Crippen LogP) is 26.2. The number of nitrogens with one attached hydrogen (secondary N) is 1. The van der Waals surface area contributed by atoms with Gasteiger partial charge in [0.1, 0.15) is 11.6 Å². The largest absolute Gasteiger partial charge is 0.343 e. The third-order valence-electron chi connectivity index (χ3n) is 12.1. The van der Waals surface area contributed by atoms with Gasteiger partial charge in [-0.3, -0.25) is 23.3 Å². The van der Waals surface area contributed by atoms with Crippen molar-refractivity contribution in [3.05, 3.63) is 116 Å². The van der Waals surface area contributed by atoms with Gasteiger partial charge in [-0.15, -0.1) is 172 Å². The Morgan fingerprint density at radius 2 is 0.842 bits per heavy atom. The van der Waals surface area contributed by atoms with Crippen LogP contribution in [0.15, 0.2) is 82.9 Å². The summed E-state index contributed by atoms with van der Waals surface area (Å²) in [5.74, 6) is 1.70.